The van der Waals surface area contributed by atoms with E-state index in [9.17, 15) is 9.59 Å². The normalized spacial score (nSPS) is 12.2. The number of benzene rings is 1. The van der Waals surface area contributed by atoms with Gasteiger partial charge in [-0.3, -0.25) is 14.7 Å². The number of carbonyl (C=O) groups excluding carboxylic acids is 2. The highest BCUT2D eigenvalue weighted by molar-refractivity contribution is 8.00. The van der Waals surface area contributed by atoms with E-state index < -0.39 is 17.2 Å². The van der Waals surface area contributed by atoms with Crippen LogP contribution in [0.2, 0.25) is 5.02 Å². The summed E-state index contributed by atoms with van der Waals surface area (Å²) < 4.78 is 1.73. The Labute approximate surface area is 142 Å². The molecule has 122 valence electrons. The Balaban J connectivity index is 2.27. The number of thioether (sulfide) groups is 1. The summed E-state index contributed by atoms with van der Waals surface area (Å²) in [5.74, 6) is -0.498. The lowest BCUT2D eigenvalue weighted by Gasteiger charge is -2.18. The molecule has 1 aromatic heterocycles. The Kier molecular flexibility index (Phi) is 5.62. The molecule has 0 aliphatic heterocycles. The van der Waals surface area contributed by atoms with Crippen molar-refractivity contribution in [3.8, 4) is 5.69 Å². The minimum atomic E-state index is -0.877. The van der Waals surface area contributed by atoms with Crippen LogP contribution in [0.15, 0.2) is 35.7 Å². The van der Waals surface area contributed by atoms with E-state index in [1.165, 1.54) is 18.1 Å². The molecule has 23 heavy (non-hydrogen) atoms. The number of hydrogen-bond donors (Lipinski definition) is 2. The van der Waals surface area contributed by atoms with Gasteiger partial charge in [0.15, 0.2) is 5.16 Å². The molecular formula is C14H16ClN5O2S. The first-order valence-corrected chi connectivity index (χ1v) is 8.07. The zero-order valence-corrected chi connectivity index (χ0v) is 14.1. The number of imide groups is 1. The van der Waals surface area contributed by atoms with Crippen LogP contribution < -0.4 is 11.1 Å². The highest BCUT2D eigenvalue weighted by atomic mass is 35.5. The number of primary amides is 1. The third kappa shape index (κ3) is 4.46. The van der Waals surface area contributed by atoms with Crippen LogP contribution in [0.3, 0.4) is 0 Å². The molecule has 0 saturated heterocycles. The van der Waals surface area contributed by atoms with E-state index in [1.807, 2.05) is 26.0 Å². The van der Waals surface area contributed by atoms with Gasteiger partial charge in [0.1, 0.15) is 6.33 Å². The Morgan fingerprint density at radius 1 is 1.39 bits per heavy atom. The van der Waals surface area contributed by atoms with Crippen molar-refractivity contribution in [2.75, 3.05) is 0 Å². The van der Waals surface area contributed by atoms with Gasteiger partial charge in [-0.1, -0.05) is 43.3 Å². The molecule has 0 radical (unpaired) electrons. The second-order valence-electron chi connectivity index (χ2n) is 5.10. The second kappa shape index (κ2) is 7.47. The molecule has 1 aromatic carbocycles. The van der Waals surface area contributed by atoms with Crippen LogP contribution in [0.25, 0.3) is 5.69 Å². The van der Waals surface area contributed by atoms with Crippen LogP contribution in [0.1, 0.15) is 13.8 Å². The van der Waals surface area contributed by atoms with Crippen molar-refractivity contribution < 1.29 is 9.59 Å². The molecule has 2 rings (SSSR count). The lowest BCUT2D eigenvalue weighted by atomic mass is 10.1. The van der Waals surface area contributed by atoms with E-state index in [2.05, 4.69) is 15.5 Å². The van der Waals surface area contributed by atoms with Crippen LogP contribution in [0, 0.1) is 5.92 Å². The number of nitrogens with zero attached hydrogens (tertiary/aromatic N) is 3. The molecule has 0 saturated carbocycles. The molecule has 0 fully saturated rings. The molecule has 0 spiro atoms. The topological polar surface area (TPSA) is 103 Å². The van der Waals surface area contributed by atoms with Gasteiger partial charge in [0.05, 0.1) is 10.9 Å². The zero-order chi connectivity index (χ0) is 17.0. The van der Waals surface area contributed by atoms with Crippen LogP contribution in [0.5, 0.6) is 0 Å². The molecule has 9 heteroatoms. The predicted molar refractivity (Wildman–Crippen MR) is 88.6 cm³/mol. The van der Waals surface area contributed by atoms with Crippen LogP contribution >= 0.6 is 23.4 Å². The number of urea groups is 1. The lowest BCUT2D eigenvalue weighted by molar-refractivity contribution is -0.120. The van der Waals surface area contributed by atoms with Crippen molar-refractivity contribution in [3.05, 3.63) is 35.6 Å². The molecule has 0 unspecified atom stereocenters. The Hall–Kier alpha value is -2.06. The van der Waals surface area contributed by atoms with Gasteiger partial charge in [-0.2, -0.15) is 0 Å². The van der Waals surface area contributed by atoms with E-state index in [1.54, 1.807) is 16.7 Å². The van der Waals surface area contributed by atoms with Crippen molar-refractivity contribution >= 4 is 35.3 Å². The summed E-state index contributed by atoms with van der Waals surface area (Å²) in [6.07, 6.45) is 1.54. The summed E-state index contributed by atoms with van der Waals surface area (Å²) in [5, 5.41) is 10.6. The van der Waals surface area contributed by atoms with E-state index in [0.717, 1.165) is 5.69 Å². The molecule has 7 nitrogen and oxygen atoms in total. The molecule has 0 aliphatic rings. The number of hydrogen-bond acceptors (Lipinski definition) is 5. The van der Waals surface area contributed by atoms with Crippen LogP contribution in [0.4, 0.5) is 4.79 Å². The van der Waals surface area contributed by atoms with Gasteiger partial charge in [-0.15, -0.1) is 10.2 Å². The maximum atomic E-state index is 12.1. The number of amides is 3. The quantitative estimate of drug-likeness (QED) is 0.802. The van der Waals surface area contributed by atoms with Crippen molar-refractivity contribution in [1.82, 2.24) is 20.1 Å². The van der Waals surface area contributed by atoms with Crippen molar-refractivity contribution in [1.29, 1.82) is 0 Å². The van der Waals surface area contributed by atoms with Crippen molar-refractivity contribution in [2.24, 2.45) is 11.7 Å². The maximum Gasteiger partial charge on any atom is 0.318 e. The lowest BCUT2D eigenvalue weighted by Crippen LogP contribution is -2.42. The Bertz CT molecular complexity index is 719. The van der Waals surface area contributed by atoms with Gasteiger partial charge in [0.2, 0.25) is 5.91 Å². The SMILES string of the molecule is CC(C)[C@H](Sc1nncn1-c1cccc(Cl)c1)C(=O)NC(N)=O. The summed E-state index contributed by atoms with van der Waals surface area (Å²) in [6, 6.07) is 6.32. The first kappa shape index (κ1) is 17.3. The van der Waals surface area contributed by atoms with Crippen molar-refractivity contribution in [2.45, 2.75) is 24.3 Å². The van der Waals surface area contributed by atoms with Gasteiger partial charge in [0, 0.05) is 5.02 Å². The summed E-state index contributed by atoms with van der Waals surface area (Å²) >= 11 is 7.21. The fourth-order valence-corrected chi connectivity index (χ4v) is 3.12. The standard InChI is InChI=1S/C14H16ClN5O2S/c1-8(2)11(12(21)18-13(16)22)23-14-19-17-7-20(14)10-5-3-4-9(15)6-10/h3-8,11H,1-2H3,(H3,16,18,21,22)/t11-/m0/s1. The number of carbonyl (C=O) groups is 2. The average Bonchev–Trinajstić information content (AvgIpc) is 2.91. The fraction of sp³-hybridized carbons (Fsp3) is 0.286. The van der Waals surface area contributed by atoms with Crippen LogP contribution in [-0.2, 0) is 4.79 Å². The number of halogens is 1. The largest absolute Gasteiger partial charge is 0.351 e. The minimum Gasteiger partial charge on any atom is -0.351 e. The van der Waals surface area contributed by atoms with Crippen molar-refractivity contribution in [3.63, 3.8) is 0 Å². The molecule has 1 heterocycles. The van der Waals surface area contributed by atoms with Crippen LogP contribution in [-0.4, -0.2) is 32.0 Å². The van der Waals surface area contributed by atoms with Gasteiger partial charge in [-0.25, -0.2) is 4.79 Å². The summed E-state index contributed by atoms with van der Waals surface area (Å²) in [7, 11) is 0. The molecule has 0 aliphatic carbocycles. The highest BCUT2D eigenvalue weighted by Gasteiger charge is 2.26. The van der Waals surface area contributed by atoms with Gasteiger partial charge < -0.3 is 5.73 Å². The highest BCUT2D eigenvalue weighted by Crippen LogP contribution is 2.29. The Morgan fingerprint density at radius 3 is 2.74 bits per heavy atom. The summed E-state index contributed by atoms with van der Waals surface area (Å²) in [6.45, 7) is 3.75. The van der Waals surface area contributed by atoms with E-state index in [-0.39, 0.29) is 5.92 Å². The summed E-state index contributed by atoms with van der Waals surface area (Å²) in [5.41, 5.74) is 5.79. The number of aromatic nitrogens is 3. The van der Waals surface area contributed by atoms with Gasteiger partial charge >= 0.3 is 6.03 Å². The smallest absolute Gasteiger partial charge is 0.318 e. The number of nitrogens with one attached hydrogen (secondary N) is 1. The predicted octanol–water partition coefficient (Wildman–Crippen LogP) is 2.23. The molecule has 3 amide bonds. The molecule has 0 bridgehead atoms. The van der Waals surface area contributed by atoms with E-state index in [4.69, 9.17) is 17.3 Å². The second-order valence-corrected chi connectivity index (χ2v) is 6.64. The van der Waals surface area contributed by atoms with E-state index in [0.29, 0.717) is 10.2 Å². The molecular weight excluding hydrogens is 338 g/mol. The summed E-state index contributed by atoms with van der Waals surface area (Å²) in [4.78, 5) is 23.0. The van der Waals surface area contributed by atoms with E-state index >= 15 is 0 Å². The third-order valence-corrected chi connectivity index (χ3v) is 4.68. The zero-order valence-electron chi connectivity index (χ0n) is 12.6. The number of nitrogens with two attached hydrogens (primary N) is 1. The monoisotopic (exact) mass is 353 g/mol. The minimum absolute atomic E-state index is 0.0381. The average molecular weight is 354 g/mol. The fourth-order valence-electron chi connectivity index (χ4n) is 1.91. The third-order valence-electron chi connectivity index (χ3n) is 2.95. The maximum absolute atomic E-state index is 12.1. The first-order valence-electron chi connectivity index (χ1n) is 6.81. The molecule has 2 aromatic rings. The first-order chi connectivity index (χ1) is 10.9. The number of rotatable bonds is 5. The molecule has 1 atom stereocenters. The Morgan fingerprint density at radius 2 is 2.13 bits per heavy atom. The molecule has 3 N–H and O–H groups in total. The van der Waals surface area contributed by atoms with Gasteiger partial charge in [0.25, 0.3) is 0 Å². The van der Waals surface area contributed by atoms with Gasteiger partial charge in [-0.05, 0) is 24.1 Å².